The molecule has 29 heavy (non-hydrogen) atoms. The maximum atomic E-state index is 12.9. The minimum Gasteiger partial charge on any atom is -0.506 e. The monoisotopic (exact) mass is 423 g/mol. The predicted octanol–water partition coefficient (Wildman–Crippen LogP) is 5.94. The number of anilines is 1. The van der Waals surface area contributed by atoms with Crippen LogP contribution in [0, 0.1) is 6.92 Å². The fourth-order valence-electron chi connectivity index (χ4n) is 2.81. The highest BCUT2D eigenvalue weighted by Gasteiger charge is 2.20. The van der Waals surface area contributed by atoms with Gasteiger partial charge in [-0.1, -0.05) is 73.0 Å². The Kier molecular flexibility index (Phi) is 6.15. The molecular weight excluding hydrogens is 402 g/mol. The second-order valence-electron chi connectivity index (χ2n) is 6.34. The maximum absolute atomic E-state index is 12.9. The molecule has 0 radical (unpaired) electrons. The topological polar surface area (TPSA) is 66.4 Å². The molecule has 0 aliphatic rings. The number of sulfonamides is 1. The third-order valence-electron chi connectivity index (χ3n) is 4.30. The number of phenolic OH excluding ortho intramolecular Hbond substituents is 1. The average Bonchev–Trinajstić information content (AvgIpc) is 2.71. The van der Waals surface area contributed by atoms with E-state index in [2.05, 4.69) is 17.9 Å². The van der Waals surface area contributed by atoms with Crippen molar-refractivity contribution in [2.45, 2.75) is 21.6 Å². The first kappa shape index (κ1) is 20.8. The molecule has 3 rings (SSSR count). The van der Waals surface area contributed by atoms with Crippen LogP contribution in [0.25, 0.3) is 12.2 Å². The van der Waals surface area contributed by atoms with Gasteiger partial charge in [0.25, 0.3) is 10.0 Å². The molecule has 0 amide bonds. The molecule has 6 heteroatoms. The summed E-state index contributed by atoms with van der Waals surface area (Å²) in [6.07, 6.45) is 2.99. The van der Waals surface area contributed by atoms with E-state index >= 15 is 0 Å². The quantitative estimate of drug-likeness (QED) is 0.462. The summed E-state index contributed by atoms with van der Waals surface area (Å²) >= 11 is 1.33. The van der Waals surface area contributed by atoms with Gasteiger partial charge in [-0.3, -0.25) is 4.72 Å². The zero-order valence-electron chi connectivity index (χ0n) is 15.9. The van der Waals surface area contributed by atoms with Crippen molar-refractivity contribution < 1.29 is 13.5 Å². The van der Waals surface area contributed by atoms with E-state index in [1.807, 2.05) is 37.3 Å². The molecule has 0 saturated carbocycles. The third-order valence-corrected chi connectivity index (χ3v) is 6.72. The minimum atomic E-state index is -3.81. The van der Waals surface area contributed by atoms with Gasteiger partial charge in [0.1, 0.15) is 5.75 Å². The second kappa shape index (κ2) is 8.59. The van der Waals surface area contributed by atoms with Crippen molar-refractivity contribution >= 4 is 39.6 Å². The fourth-order valence-corrected chi connectivity index (χ4v) is 4.81. The summed E-state index contributed by atoms with van der Waals surface area (Å²) in [6.45, 7) is 9.42. The Bertz CT molecular complexity index is 1150. The maximum Gasteiger partial charge on any atom is 0.261 e. The standard InChI is InChI=1S/C23H21NO3S2/c1-4-19-20(5-2)23(25)22(28-17-9-7-6-8-10-17)15-21(19)24-29(26,27)18-13-11-16(3)12-14-18/h4-15,24-25H,1-2H2,3H3. The van der Waals surface area contributed by atoms with Crippen molar-refractivity contribution in [3.63, 3.8) is 0 Å². The average molecular weight is 424 g/mol. The number of nitrogens with one attached hydrogen (secondary N) is 1. The van der Waals surface area contributed by atoms with Gasteiger partial charge in [0.05, 0.1) is 15.5 Å². The summed E-state index contributed by atoms with van der Waals surface area (Å²) in [6, 6.07) is 17.7. The smallest absolute Gasteiger partial charge is 0.261 e. The van der Waals surface area contributed by atoms with Crippen LogP contribution >= 0.6 is 11.8 Å². The van der Waals surface area contributed by atoms with Gasteiger partial charge in [-0.05, 0) is 37.3 Å². The van der Waals surface area contributed by atoms with E-state index in [1.54, 1.807) is 30.3 Å². The van der Waals surface area contributed by atoms with E-state index in [1.165, 1.54) is 23.9 Å². The van der Waals surface area contributed by atoms with Crippen LogP contribution in [0.5, 0.6) is 5.75 Å². The van der Waals surface area contributed by atoms with Crippen molar-refractivity contribution in [3.8, 4) is 5.75 Å². The molecule has 0 bridgehead atoms. The summed E-state index contributed by atoms with van der Waals surface area (Å²) in [7, 11) is -3.81. The molecule has 0 aliphatic carbocycles. The molecule has 0 spiro atoms. The highest BCUT2D eigenvalue weighted by molar-refractivity contribution is 7.99. The van der Waals surface area contributed by atoms with Gasteiger partial charge < -0.3 is 5.11 Å². The molecule has 0 unspecified atom stereocenters. The third kappa shape index (κ3) is 4.55. The molecule has 0 aliphatic heterocycles. The number of aromatic hydroxyl groups is 1. The first-order chi connectivity index (χ1) is 13.9. The van der Waals surface area contributed by atoms with Gasteiger partial charge in [0, 0.05) is 16.0 Å². The van der Waals surface area contributed by atoms with Crippen molar-refractivity contribution in [1.82, 2.24) is 0 Å². The van der Waals surface area contributed by atoms with E-state index in [0.29, 0.717) is 21.7 Å². The first-order valence-corrected chi connectivity index (χ1v) is 11.1. The molecule has 3 aromatic carbocycles. The fraction of sp³-hybridized carbons (Fsp3) is 0.0435. The Balaban J connectivity index is 2.09. The molecule has 0 fully saturated rings. The van der Waals surface area contributed by atoms with Crippen LogP contribution < -0.4 is 4.72 Å². The summed E-state index contributed by atoms with van der Waals surface area (Å²) in [5, 5.41) is 10.7. The summed E-state index contributed by atoms with van der Waals surface area (Å²) in [5.74, 6) is 0.0297. The van der Waals surface area contributed by atoms with Crippen LogP contribution in [0.2, 0.25) is 0 Å². The lowest BCUT2D eigenvalue weighted by Crippen LogP contribution is -2.14. The molecule has 0 saturated heterocycles. The number of rotatable bonds is 7. The SMILES string of the molecule is C=Cc1c(NS(=O)(=O)c2ccc(C)cc2)cc(Sc2ccccc2)c(O)c1C=C. The normalized spacial score (nSPS) is 11.1. The predicted molar refractivity (Wildman–Crippen MR) is 121 cm³/mol. The number of hydrogen-bond donors (Lipinski definition) is 2. The molecule has 2 N–H and O–H groups in total. The van der Waals surface area contributed by atoms with E-state index in [-0.39, 0.29) is 10.6 Å². The lowest BCUT2D eigenvalue weighted by Gasteiger charge is -2.17. The van der Waals surface area contributed by atoms with Gasteiger partial charge in [-0.25, -0.2) is 8.42 Å². The van der Waals surface area contributed by atoms with Crippen molar-refractivity contribution in [2.75, 3.05) is 4.72 Å². The molecule has 0 aromatic heterocycles. The number of aryl methyl sites for hydroxylation is 1. The van der Waals surface area contributed by atoms with E-state index in [9.17, 15) is 13.5 Å². The van der Waals surface area contributed by atoms with Crippen molar-refractivity contribution in [1.29, 1.82) is 0 Å². The Labute approximate surface area is 175 Å². The lowest BCUT2D eigenvalue weighted by atomic mass is 10.0. The Morgan fingerprint density at radius 2 is 1.59 bits per heavy atom. The van der Waals surface area contributed by atoms with Crippen LogP contribution in [0.4, 0.5) is 5.69 Å². The number of phenols is 1. The highest BCUT2D eigenvalue weighted by Crippen LogP contribution is 2.42. The zero-order valence-corrected chi connectivity index (χ0v) is 17.6. The van der Waals surface area contributed by atoms with Gasteiger partial charge in [-0.2, -0.15) is 0 Å². The molecule has 4 nitrogen and oxygen atoms in total. The Morgan fingerprint density at radius 1 is 0.966 bits per heavy atom. The second-order valence-corrected chi connectivity index (χ2v) is 9.14. The van der Waals surface area contributed by atoms with Gasteiger partial charge in [0.15, 0.2) is 0 Å². The Hall–Kier alpha value is -2.96. The van der Waals surface area contributed by atoms with Crippen LogP contribution in [-0.4, -0.2) is 13.5 Å². The number of hydrogen-bond acceptors (Lipinski definition) is 4. The van der Waals surface area contributed by atoms with E-state index < -0.39 is 10.0 Å². The van der Waals surface area contributed by atoms with Crippen molar-refractivity contribution in [2.24, 2.45) is 0 Å². The molecular formula is C23H21NO3S2. The van der Waals surface area contributed by atoms with Gasteiger partial charge in [0.2, 0.25) is 0 Å². The molecule has 0 heterocycles. The largest absolute Gasteiger partial charge is 0.506 e. The van der Waals surface area contributed by atoms with E-state index in [0.717, 1.165) is 10.5 Å². The Morgan fingerprint density at radius 3 is 2.17 bits per heavy atom. The van der Waals surface area contributed by atoms with Crippen LogP contribution in [0.1, 0.15) is 16.7 Å². The van der Waals surface area contributed by atoms with Gasteiger partial charge >= 0.3 is 0 Å². The zero-order chi connectivity index (χ0) is 21.0. The number of benzene rings is 3. The summed E-state index contributed by atoms with van der Waals surface area (Å²) in [5.41, 5.74) is 2.18. The molecule has 148 valence electrons. The summed E-state index contributed by atoms with van der Waals surface area (Å²) in [4.78, 5) is 1.58. The molecule has 3 aromatic rings. The first-order valence-electron chi connectivity index (χ1n) is 8.83. The molecule has 0 atom stereocenters. The summed E-state index contributed by atoms with van der Waals surface area (Å²) < 4.78 is 28.4. The van der Waals surface area contributed by atoms with E-state index in [4.69, 9.17) is 0 Å². The lowest BCUT2D eigenvalue weighted by molar-refractivity contribution is 0.461. The highest BCUT2D eigenvalue weighted by atomic mass is 32.2. The van der Waals surface area contributed by atoms with Gasteiger partial charge in [-0.15, -0.1) is 0 Å². The minimum absolute atomic E-state index is 0.0297. The van der Waals surface area contributed by atoms with Crippen LogP contribution in [-0.2, 0) is 10.0 Å². The van der Waals surface area contributed by atoms with Crippen LogP contribution in [0.3, 0.4) is 0 Å². The van der Waals surface area contributed by atoms with Crippen molar-refractivity contribution in [3.05, 3.63) is 90.5 Å². The van der Waals surface area contributed by atoms with Crippen LogP contribution in [0.15, 0.2) is 88.5 Å².